The number of hydrogen-bond donors (Lipinski definition) is 4. The zero-order valence-electron chi connectivity index (χ0n) is 36.5. The summed E-state index contributed by atoms with van der Waals surface area (Å²) in [5.41, 5.74) is 9.02. The van der Waals surface area contributed by atoms with Gasteiger partial charge in [-0.15, -0.1) is 0 Å². The van der Waals surface area contributed by atoms with E-state index in [1.807, 2.05) is 124 Å². The van der Waals surface area contributed by atoms with Crippen LogP contribution >= 0.6 is 0 Å². The zero-order chi connectivity index (χ0) is 46.1. The number of aromatic nitrogens is 6. The van der Waals surface area contributed by atoms with Crippen molar-refractivity contribution in [1.82, 2.24) is 40.2 Å². The van der Waals surface area contributed by atoms with Crippen molar-refractivity contribution in [1.29, 1.82) is 10.5 Å². The van der Waals surface area contributed by atoms with Gasteiger partial charge in [-0.2, -0.15) is 20.7 Å². The predicted molar refractivity (Wildman–Crippen MR) is 254 cm³/mol. The van der Waals surface area contributed by atoms with E-state index in [1.165, 1.54) is 0 Å². The van der Waals surface area contributed by atoms with E-state index in [-0.39, 0.29) is 11.8 Å². The van der Waals surface area contributed by atoms with Crippen molar-refractivity contribution < 1.29 is 9.59 Å². The number of aryl methyl sites for hydroxylation is 2. The summed E-state index contributed by atoms with van der Waals surface area (Å²) in [5, 5.41) is 38.8. The molecule has 8 rings (SSSR count). The van der Waals surface area contributed by atoms with E-state index >= 15 is 0 Å². The second kappa shape index (κ2) is 22.7. The van der Waals surface area contributed by atoms with Gasteiger partial charge in [0, 0.05) is 74.2 Å². The number of nitrogens with zero attached hydrogens (tertiary/aromatic N) is 8. The third kappa shape index (κ3) is 12.8. The van der Waals surface area contributed by atoms with Crippen molar-refractivity contribution in [2.75, 3.05) is 23.7 Å². The van der Waals surface area contributed by atoms with Gasteiger partial charge in [0.15, 0.2) is 0 Å². The molecule has 4 heterocycles. The third-order valence-electron chi connectivity index (χ3n) is 10.6. The summed E-state index contributed by atoms with van der Waals surface area (Å²) in [6, 6.07) is 44.8. The van der Waals surface area contributed by atoms with Gasteiger partial charge in [-0.25, -0.2) is 9.97 Å². The van der Waals surface area contributed by atoms with Crippen LogP contribution < -0.4 is 21.3 Å². The molecule has 0 aliphatic heterocycles. The van der Waals surface area contributed by atoms with Crippen LogP contribution in [0.2, 0.25) is 0 Å². The summed E-state index contributed by atoms with van der Waals surface area (Å²) >= 11 is 0. The summed E-state index contributed by atoms with van der Waals surface area (Å²) in [6.45, 7) is 1.21. The number of amides is 2. The standard InChI is InChI=1S/2C26H24N6O/c2*1-32-18-23(17-30-32)22-11-12-24(29-16-22)31-26(33)25(21-5-3-2-4-6-21)28-14-13-19-7-9-20(15-27)10-8-19/h2*2-12,16-18,25,28H,13-14H2,1H3,(H,29,31,33)/t2*25-/m10/s1. The molecule has 2 atom stereocenters. The lowest BCUT2D eigenvalue weighted by Gasteiger charge is -2.19. The van der Waals surface area contributed by atoms with Crippen LogP contribution in [0.1, 0.15) is 45.5 Å². The monoisotopic (exact) mass is 872 g/mol. The summed E-state index contributed by atoms with van der Waals surface area (Å²) in [4.78, 5) is 35.1. The molecule has 14 nitrogen and oxygen atoms in total. The number of nitrogens with one attached hydrogen (secondary N) is 4. The van der Waals surface area contributed by atoms with Gasteiger partial charge in [-0.3, -0.25) is 19.0 Å². The summed E-state index contributed by atoms with van der Waals surface area (Å²) in [6.07, 6.45) is 12.3. The van der Waals surface area contributed by atoms with Crippen LogP contribution in [0.25, 0.3) is 22.3 Å². The van der Waals surface area contributed by atoms with Crippen LogP contribution in [-0.2, 0) is 36.5 Å². The number of carbonyl (C=O) groups excluding carboxylic acids is 2. The van der Waals surface area contributed by atoms with E-state index in [0.717, 1.165) is 57.3 Å². The zero-order valence-corrected chi connectivity index (χ0v) is 36.5. The molecule has 0 aliphatic carbocycles. The molecule has 8 aromatic rings. The van der Waals surface area contributed by atoms with Gasteiger partial charge in [-0.05, 0) is 83.6 Å². The molecule has 0 aliphatic rings. The first-order chi connectivity index (χ1) is 32.2. The fraction of sp³-hybridized carbons (Fsp3) is 0.154. The molecule has 0 spiro atoms. The van der Waals surface area contributed by atoms with Crippen LogP contribution in [0, 0.1) is 22.7 Å². The minimum Gasteiger partial charge on any atom is -0.309 e. The van der Waals surface area contributed by atoms with Gasteiger partial charge in [0.2, 0.25) is 11.8 Å². The second-order valence-electron chi connectivity index (χ2n) is 15.4. The third-order valence-corrected chi connectivity index (χ3v) is 10.6. The Hall–Kier alpha value is -8.56. The number of nitriles is 2. The maximum Gasteiger partial charge on any atom is 0.247 e. The van der Waals surface area contributed by atoms with Gasteiger partial charge >= 0.3 is 0 Å². The molecule has 0 bridgehead atoms. The maximum absolute atomic E-state index is 13.1. The summed E-state index contributed by atoms with van der Waals surface area (Å²) in [5.74, 6) is 0.621. The summed E-state index contributed by atoms with van der Waals surface area (Å²) in [7, 11) is 3.73. The minimum atomic E-state index is -0.524. The maximum atomic E-state index is 13.1. The van der Waals surface area contributed by atoms with Crippen LogP contribution in [-0.4, -0.2) is 54.4 Å². The molecule has 0 saturated carbocycles. The lowest BCUT2D eigenvalue weighted by molar-refractivity contribution is -0.119. The first-order valence-corrected chi connectivity index (χ1v) is 21.3. The van der Waals surface area contributed by atoms with Crippen molar-refractivity contribution in [3.63, 3.8) is 0 Å². The molecular weight excluding hydrogens is 825 g/mol. The Morgan fingerprint density at radius 1 is 0.515 bits per heavy atom. The first kappa shape index (κ1) is 45.5. The van der Waals surface area contributed by atoms with E-state index in [1.54, 1.807) is 70.5 Å². The Bertz CT molecular complexity index is 2680. The van der Waals surface area contributed by atoms with Gasteiger partial charge in [0.1, 0.15) is 23.7 Å². The Balaban J connectivity index is 0.000000196. The molecule has 4 aromatic heterocycles. The number of rotatable bonds is 16. The smallest absolute Gasteiger partial charge is 0.247 e. The number of benzene rings is 4. The SMILES string of the molecule is Cn1cc(-c2ccc(NC(=O)[C@@H](NCCc3ccc(C#N)cc3)c3ccccc3)nc2)cn1.Cn1cc(-c2ccc(NC(=O)[C@H](NCCc3ccc(C#N)cc3)c3ccccc3)nc2)cn1. The molecule has 4 N–H and O–H groups in total. The lowest BCUT2D eigenvalue weighted by atomic mass is 10.0. The van der Waals surface area contributed by atoms with Crippen molar-refractivity contribution in [2.24, 2.45) is 14.1 Å². The normalized spacial score (nSPS) is 11.5. The first-order valence-electron chi connectivity index (χ1n) is 21.3. The molecule has 0 radical (unpaired) electrons. The fourth-order valence-corrected chi connectivity index (χ4v) is 7.04. The van der Waals surface area contributed by atoms with Gasteiger partial charge in [0.05, 0.1) is 35.7 Å². The highest BCUT2D eigenvalue weighted by Gasteiger charge is 2.22. The van der Waals surface area contributed by atoms with Gasteiger partial charge < -0.3 is 21.3 Å². The van der Waals surface area contributed by atoms with Crippen molar-refractivity contribution in [3.8, 4) is 34.4 Å². The number of anilines is 2. The van der Waals surface area contributed by atoms with Crippen LogP contribution in [0.5, 0.6) is 0 Å². The Labute approximate surface area is 383 Å². The highest BCUT2D eigenvalue weighted by Crippen LogP contribution is 2.22. The molecule has 0 saturated heterocycles. The van der Waals surface area contributed by atoms with E-state index in [9.17, 15) is 9.59 Å². The Morgan fingerprint density at radius 3 is 1.23 bits per heavy atom. The van der Waals surface area contributed by atoms with Gasteiger partial charge in [0.25, 0.3) is 0 Å². The molecule has 2 amide bonds. The topological polar surface area (TPSA) is 191 Å². The van der Waals surface area contributed by atoms with Gasteiger partial charge in [-0.1, -0.05) is 84.9 Å². The number of carbonyl (C=O) groups is 2. The van der Waals surface area contributed by atoms with Crippen LogP contribution in [0.3, 0.4) is 0 Å². The second-order valence-corrected chi connectivity index (χ2v) is 15.4. The molecule has 0 unspecified atom stereocenters. The molecule has 0 fully saturated rings. The van der Waals surface area contributed by atoms with E-state index < -0.39 is 12.1 Å². The average Bonchev–Trinajstić information content (AvgIpc) is 4.01. The largest absolute Gasteiger partial charge is 0.309 e. The van der Waals surface area contributed by atoms with Crippen LogP contribution in [0.15, 0.2) is 171 Å². The lowest BCUT2D eigenvalue weighted by Crippen LogP contribution is -2.34. The highest BCUT2D eigenvalue weighted by molar-refractivity contribution is 5.95. The van der Waals surface area contributed by atoms with Crippen molar-refractivity contribution in [2.45, 2.75) is 24.9 Å². The van der Waals surface area contributed by atoms with E-state index in [0.29, 0.717) is 35.9 Å². The Kier molecular flexibility index (Phi) is 15.6. The highest BCUT2D eigenvalue weighted by atomic mass is 16.2. The number of pyridine rings is 2. The number of hydrogen-bond acceptors (Lipinski definition) is 10. The predicted octanol–water partition coefficient (Wildman–Crippen LogP) is 7.73. The minimum absolute atomic E-state index is 0.178. The van der Waals surface area contributed by atoms with E-state index in [2.05, 4.69) is 53.6 Å². The molecule has 14 heteroatoms. The Morgan fingerprint density at radius 2 is 0.909 bits per heavy atom. The molecular formula is C52H48N12O2. The summed E-state index contributed by atoms with van der Waals surface area (Å²) < 4.78 is 3.47. The van der Waals surface area contributed by atoms with Crippen molar-refractivity contribution >= 4 is 23.5 Å². The van der Waals surface area contributed by atoms with Crippen LogP contribution in [0.4, 0.5) is 11.6 Å². The van der Waals surface area contributed by atoms with E-state index in [4.69, 9.17) is 10.5 Å². The fourth-order valence-electron chi connectivity index (χ4n) is 7.04. The average molecular weight is 873 g/mol. The quantitative estimate of drug-likeness (QED) is 0.0747. The molecule has 4 aromatic carbocycles. The molecule has 328 valence electrons. The van der Waals surface area contributed by atoms with Crippen molar-refractivity contribution in [3.05, 3.63) is 204 Å². The molecule has 66 heavy (non-hydrogen) atoms.